The number of thiazole rings is 1. The first-order chi connectivity index (χ1) is 29.2. The molecule has 0 spiro atoms. The van der Waals surface area contributed by atoms with Gasteiger partial charge in [0.05, 0.1) is 40.1 Å². The number of phenols is 1. The molecular formula is C44H58N10O6S. The normalized spacial score (nSPS) is 17.5. The van der Waals surface area contributed by atoms with Gasteiger partial charge >= 0.3 is 0 Å². The first-order valence-electron chi connectivity index (χ1n) is 20.9. The summed E-state index contributed by atoms with van der Waals surface area (Å²) in [4.78, 5) is 64.3. The summed E-state index contributed by atoms with van der Waals surface area (Å²) in [5, 5.41) is 37.9. The van der Waals surface area contributed by atoms with E-state index in [-0.39, 0.29) is 55.9 Å². The second kappa shape index (κ2) is 20.3. The number of para-hydroxylation sites is 1. The van der Waals surface area contributed by atoms with Gasteiger partial charge < -0.3 is 41.7 Å². The summed E-state index contributed by atoms with van der Waals surface area (Å²) in [7, 11) is 0. The molecule has 0 saturated carbocycles. The van der Waals surface area contributed by atoms with Gasteiger partial charge in [0.1, 0.15) is 17.8 Å². The number of aromatic hydroxyl groups is 1. The van der Waals surface area contributed by atoms with Gasteiger partial charge in [-0.3, -0.25) is 24.1 Å². The summed E-state index contributed by atoms with van der Waals surface area (Å²) in [6.07, 6.45) is 1.44. The molecule has 7 N–H and O–H groups in total. The molecule has 0 bridgehead atoms. The van der Waals surface area contributed by atoms with Crippen LogP contribution in [0.4, 0.5) is 11.5 Å². The third-order valence-corrected chi connectivity index (χ3v) is 12.2. The summed E-state index contributed by atoms with van der Waals surface area (Å²) in [5.41, 5.74) is 12.1. The first kappa shape index (κ1) is 44.9. The molecule has 2 fully saturated rings. The lowest BCUT2D eigenvalue weighted by molar-refractivity contribution is -0.144. The Bertz CT molecular complexity index is 2150. The quantitative estimate of drug-likeness (QED) is 0.0894. The number of hydrogen-bond acceptors (Lipinski definition) is 13. The number of nitrogen functional groups attached to an aromatic ring is 1. The number of aryl methyl sites for hydroxylation is 1. The largest absolute Gasteiger partial charge is 0.507 e. The minimum absolute atomic E-state index is 0.00531. The van der Waals surface area contributed by atoms with Crippen molar-refractivity contribution in [2.75, 3.05) is 56.4 Å². The highest BCUT2D eigenvalue weighted by molar-refractivity contribution is 7.13. The second-order valence-corrected chi connectivity index (χ2v) is 17.7. The monoisotopic (exact) mass is 854 g/mol. The van der Waals surface area contributed by atoms with Gasteiger partial charge in [0.15, 0.2) is 5.82 Å². The van der Waals surface area contributed by atoms with Crippen LogP contribution in [-0.4, -0.2) is 123 Å². The lowest BCUT2D eigenvalue weighted by atomic mass is 9.85. The van der Waals surface area contributed by atoms with Gasteiger partial charge in [0.2, 0.25) is 23.6 Å². The van der Waals surface area contributed by atoms with E-state index in [1.165, 1.54) is 4.90 Å². The molecule has 4 amide bonds. The summed E-state index contributed by atoms with van der Waals surface area (Å²) >= 11 is 1.57. The van der Waals surface area contributed by atoms with Crippen LogP contribution in [0.2, 0.25) is 0 Å². The van der Waals surface area contributed by atoms with E-state index in [1.54, 1.807) is 29.5 Å². The second-order valence-electron chi connectivity index (χ2n) is 16.9. The van der Waals surface area contributed by atoms with Crippen molar-refractivity contribution >= 4 is 46.5 Å². The zero-order chi connectivity index (χ0) is 43.7. The van der Waals surface area contributed by atoms with Crippen molar-refractivity contribution in [3.63, 3.8) is 0 Å². The van der Waals surface area contributed by atoms with Crippen LogP contribution in [0.5, 0.6) is 5.75 Å². The number of β-amino-alcohol motifs (C(OH)–C–C–N with tert-alkyl or cyclic N) is 1. The number of aliphatic hydroxyl groups is 1. The molecule has 2 aliphatic heterocycles. The number of aliphatic hydroxyl groups excluding tert-OH is 1. The molecule has 3 atom stereocenters. The third kappa shape index (κ3) is 11.8. The zero-order valence-electron chi connectivity index (χ0n) is 35.4. The maximum atomic E-state index is 14.0. The molecule has 0 aliphatic carbocycles. The van der Waals surface area contributed by atoms with Crippen molar-refractivity contribution in [1.82, 2.24) is 40.9 Å². The molecular weight excluding hydrogens is 797 g/mol. The van der Waals surface area contributed by atoms with Crippen molar-refractivity contribution in [2.45, 2.75) is 84.5 Å². The molecule has 16 nitrogen and oxygen atoms in total. The highest BCUT2D eigenvalue weighted by Crippen LogP contribution is 2.32. The number of nitrogens with zero attached hydrogens (tertiary/aromatic N) is 6. The number of likely N-dealkylation sites (tertiary alicyclic amines) is 1. The molecule has 17 heteroatoms. The predicted octanol–water partition coefficient (Wildman–Crippen LogP) is 3.47. The minimum atomic E-state index is -0.899. The lowest BCUT2D eigenvalue weighted by Crippen LogP contribution is -2.57. The molecule has 61 heavy (non-hydrogen) atoms. The molecule has 2 aromatic carbocycles. The highest BCUT2D eigenvalue weighted by atomic mass is 32.1. The van der Waals surface area contributed by atoms with Crippen LogP contribution in [-0.2, 0) is 25.7 Å². The first-order valence-corrected chi connectivity index (χ1v) is 21.8. The Kier molecular flexibility index (Phi) is 14.9. The maximum Gasteiger partial charge on any atom is 0.246 e. The Balaban J connectivity index is 0.891. The number of phenolic OH excluding ortho intramolecular Hbond substituents is 1. The molecule has 2 aliphatic rings. The average Bonchev–Trinajstić information content (AvgIpc) is 3.85. The molecule has 4 heterocycles. The molecule has 326 valence electrons. The van der Waals surface area contributed by atoms with Crippen LogP contribution in [0.1, 0.15) is 64.1 Å². The Labute approximate surface area is 360 Å². The number of aromatic nitrogens is 3. The predicted molar refractivity (Wildman–Crippen MR) is 235 cm³/mol. The molecule has 6 rings (SSSR count). The van der Waals surface area contributed by atoms with Gasteiger partial charge in [0.25, 0.3) is 0 Å². The molecule has 2 saturated heterocycles. The van der Waals surface area contributed by atoms with E-state index in [0.29, 0.717) is 69.1 Å². The molecule has 0 unspecified atom stereocenters. The Morgan fingerprint density at radius 2 is 1.69 bits per heavy atom. The number of amides is 4. The smallest absolute Gasteiger partial charge is 0.246 e. The van der Waals surface area contributed by atoms with E-state index in [4.69, 9.17) is 5.73 Å². The van der Waals surface area contributed by atoms with Crippen LogP contribution in [0, 0.1) is 12.3 Å². The van der Waals surface area contributed by atoms with Crippen molar-refractivity contribution in [1.29, 1.82) is 0 Å². The van der Waals surface area contributed by atoms with E-state index in [9.17, 15) is 29.4 Å². The van der Waals surface area contributed by atoms with E-state index in [1.807, 2.05) is 69.6 Å². The topological polar surface area (TPSA) is 219 Å². The minimum Gasteiger partial charge on any atom is -0.507 e. The fraction of sp³-hybridized carbons (Fsp3) is 0.477. The summed E-state index contributed by atoms with van der Waals surface area (Å²) in [6, 6.07) is 14.9. The summed E-state index contributed by atoms with van der Waals surface area (Å²) < 4.78 is 0. The molecule has 4 aromatic rings. The van der Waals surface area contributed by atoms with Crippen LogP contribution < -0.4 is 26.6 Å². The van der Waals surface area contributed by atoms with Crippen molar-refractivity contribution in [2.24, 2.45) is 5.41 Å². The van der Waals surface area contributed by atoms with Crippen molar-refractivity contribution in [3.8, 4) is 27.4 Å². The van der Waals surface area contributed by atoms with Gasteiger partial charge in [-0.05, 0) is 54.5 Å². The van der Waals surface area contributed by atoms with Crippen molar-refractivity contribution < 1.29 is 29.4 Å². The van der Waals surface area contributed by atoms with E-state index in [0.717, 1.165) is 27.4 Å². The number of piperazine rings is 1. The number of unbranched alkanes of at least 4 members (excludes halogenated alkanes) is 2. The highest BCUT2D eigenvalue weighted by Gasteiger charge is 2.44. The van der Waals surface area contributed by atoms with Gasteiger partial charge in [0, 0.05) is 64.2 Å². The molecule has 0 radical (unpaired) electrons. The lowest BCUT2D eigenvalue weighted by Gasteiger charge is -2.36. The summed E-state index contributed by atoms with van der Waals surface area (Å²) in [6.45, 7) is 11.2. The van der Waals surface area contributed by atoms with E-state index in [2.05, 4.69) is 40.9 Å². The van der Waals surface area contributed by atoms with Crippen LogP contribution in [0.3, 0.4) is 0 Å². The number of benzene rings is 2. The fourth-order valence-electron chi connectivity index (χ4n) is 7.70. The van der Waals surface area contributed by atoms with E-state index < -0.39 is 29.5 Å². The average molecular weight is 855 g/mol. The van der Waals surface area contributed by atoms with Crippen molar-refractivity contribution in [3.05, 3.63) is 71.4 Å². The SMILES string of the molecule is Cc1ncsc1-c1ccc(CNC(=O)[C@@H]2C[C@@H](O)CN2C(=O)[C@@H](NC(=O)CCCCCNC(=O)CN2CCN(c3cc(-c4ccccc4O)nnc3N)CC2)C(C)(C)C)cc1. The van der Waals surface area contributed by atoms with Crippen LogP contribution in [0.15, 0.2) is 60.1 Å². The van der Waals surface area contributed by atoms with Crippen LogP contribution in [0.25, 0.3) is 21.7 Å². The number of rotatable bonds is 16. The zero-order valence-corrected chi connectivity index (χ0v) is 36.2. The maximum absolute atomic E-state index is 14.0. The summed E-state index contributed by atoms with van der Waals surface area (Å²) in [5.74, 6) is -0.676. The van der Waals surface area contributed by atoms with Gasteiger partial charge in [-0.15, -0.1) is 21.5 Å². The number of carbonyl (C=O) groups excluding carboxylic acids is 4. The Morgan fingerprint density at radius 3 is 2.38 bits per heavy atom. The number of nitrogens with one attached hydrogen (secondary N) is 3. The molecule has 2 aromatic heterocycles. The van der Waals surface area contributed by atoms with Crippen LogP contribution >= 0.6 is 11.3 Å². The van der Waals surface area contributed by atoms with Gasteiger partial charge in [-0.2, -0.15) is 0 Å². The van der Waals surface area contributed by atoms with Gasteiger partial charge in [-0.1, -0.05) is 63.6 Å². The van der Waals surface area contributed by atoms with E-state index >= 15 is 0 Å². The number of anilines is 2. The number of hydrogen-bond donors (Lipinski definition) is 6. The standard InChI is InChI=1S/C44H58N10O6S/c1-28-39(61-27-48-28)30-15-13-29(14-16-30)24-47-42(59)35-22-31(55)25-54(35)43(60)40(44(2,3)4)49-37(57)12-6-5-9-17-46-38(58)26-52-18-20-53(21-19-52)34-23-33(50-51-41(34)45)32-10-7-8-11-36(32)56/h7-8,10-11,13-16,23,27,31,35,40,55-56H,5-6,9,12,17-22,24-26H2,1-4H3,(H2,45,51)(H,46,58)(H,47,59)(H,49,57)/t31-,35+,40-/m1/s1. The number of carbonyl (C=O) groups is 4. The third-order valence-electron chi connectivity index (χ3n) is 11.2. The Hall–Kier alpha value is -5.65. The fourth-order valence-corrected chi connectivity index (χ4v) is 8.51. The number of nitrogens with two attached hydrogens (primary N) is 1. The Morgan fingerprint density at radius 1 is 0.951 bits per heavy atom. The van der Waals surface area contributed by atoms with Gasteiger partial charge in [-0.25, -0.2) is 4.98 Å².